The molecule has 1 fully saturated rings. The molecule has 2 atom stereocenters. The summed E-state index contributed by atoms with van der Waals surface area (Å²) in [6.45, 7) is 6.22. The fraction of sp³-hybridized carbons (Fsp3) is 0.400. The van der Waals surface area contributed by atoms with E-state index >= 15 is 0 Å². The van der Waals surface area contributed by atoms with Crippen molar-refractivity contribution in [2.75, 3.05) is 25.0 Å². The molecule has 0 radical (unpaired) electrons. The summed E-state index contributed by atoms with van der Waals surface area (Å²) in [6.07, 6.45) is -2.32. The zero-order valence-electron chi connectivity index (χ0n) is 21.1. The molecule has 3 heterocycles. The number of aliphatic carboxylic acids is 1. The Morgan fingerprint density at radius 1 is 1.26 bits per heavy atom. The first-order valence-corrected chi connectivity index (χ1v) is 14.3. The molecular formula is C25H29F3N4O4S2. The van der Waals surface area contributed by atoms with Gasteiger partial charge in [0.2, 0.25) is 9.84 Å². The number of alkyl halides is 3. The van der Waals surface area contributed by atoms with Gasteiger partial charge in [-0.2, -0.15) is 13.2 Å². The second kappa shape index (κ2) is 12.2. The van der Waals surface area contributed by atoms with Crippen LogP contribution in [0.1, 0.15) is 36.2 Å². The topological polar surface area (TPSA) is 104 Å². The highest BCUT2D eigenvalue weighted by atomic mass is 32.2. The minimum absolute atomic E-state index is 0.112. The Morgan fingerprint density at radius 3 is 2.47 bits per heavy atom. The molecule has 0 amide bonds. The van der Waals surface area contributed by atoms with E-state index in [1.807, 2.05) is 13.0 Å². The zero-order chi connectivity index (χ0) is 28.1. The lowest BCUT2D eigenvalue weighted by Gasteiger charge is -2.30. The smallest absolute Gasteiger partial charge is 0.475 e. The van der Waals surface area contributed by atoms with Crippen molar-refractivity contribution < 1.29 is 31.5 Å². The highest BCUT2D eigenvalue weighted by molar-refractivity contribution is 7.90. The van der Waals surface area contributed by atoms with Gasteiger partial charge in [0.15, 0.2) is 5.03 Å². The maximum atomic E-state index is 12.7. The van der Waals surface area contributed by atoms with Crippen LogP contribution in [0.5, 0.6) is 0 Å². The Hall–Kier alpha value is -3.03. The van der Waals surface area contributed by atoms with Gasteiger partial charge in [0.1, 0.15) is 0 Å². The summed E-state index contributed by atoms with van der Waals surface area (Å²) in [5.41, 5.74) is 5.43. The van der Waals surface area contributed by atoms with Crippen molar-refractivity contribution in [2.24, 2.45) is 0 Å². The first kappa shape index (κ1) is 29.5. The first-order valence-electron chi connectivity index (χ1n) is 11.7. The van der Waals surface area contributed by atoms with E-state index in [1.54, 1.807) is 23.2 Å². The molecule has 1 aliphatic heterocycles. The van der Waals surface area contributed by atoms with Crippen LogP contribution in [0.2, 0.25) is 0 Å². The number of aryl methyl sites for hydroxylation is 1. The van der Waals surface area contributed by atoms with Gasteiger partial charge in [-0.25, -0.2) is 23.2 Å². The molecule has 2 aromatic heterocycles. The second-order valence-corrected chi connectivity index (χ2v) is 11.6. The monoisotopic (exact) mass is 570 g/mol. The van der Waals surface area contributed by atoms with E-state index in [4.69, 9.17) is 9.90 Å². The lowest BCUT2D eigenvalue weighted by atomic mass is 10.1. The van der Waals surface area contributed by atoms with E-state index in [0.717, 1.165) is 30.8 Å². The number of hydrogen-bond acceptors (Lipinski definition) is 8. The molecule has 13 heteroatoms. The van der Waals surface area contributed by atoms with Crippen LogP contribution in [0.3, 0.4) is 0 Å². The van der Waals surface area contributed by atoms with E-state index < -0.39 is 22.0 Å². The molecular weight excluding hydrogens is 541 g/mol. The largest absolute Gasteiger partial charge is 0.490 e. The van der Waals surface area contributed by atoms with E-state index in [0.29, 0.717) is 17.8 Å². The van der Waals surface area contributed by atoms with Crippen LogP contribution in [0.15, 0.2) is 58.5 Å². The summed E-state index contributed by atoms with van der Waals surface area (Å²) in [5, 5.41) is 9.00. The number of sulfone groups is 1. The molecule has 38 heavy (non-hydrogen) atoms. The standard InChI is InChI=1S/C23H28N4O2S2.C2HF3O2/c1-17-11-23(31(28,29)15-20-14-30-16-25-20)24-12-22(17)26(3)21-9-10-27(13-21)18(2)19-7-5-4-6-8-19;3-2(4,5)1(6)7/h4-8,11-12,14,16,18,21H,9-10,13,15H2,1-3H3;(H,6,7)/t18-,21+;/m1./s1. The van der Waals surface area contributed by atoms with Crippen molar-refractivity contribution in [1.29, 1.82) is 0 Å². The van der Waals surface area contributed by atoms with Crippen molar-refractivity contribution >= 4 is 32.8 Å². The Bertz CT molecular complexity index is 1320. The first-order chi connectivity index (χ1) is 17.8. The lowest BCUT2D eigenvalue weighted by Crippen LogP contribution is -2.35. The maximum Gasteiger partial charge on any atom is 0.490 e. The van der Waals surface area contributed by atoms with E-state index in [-0.39, 0.29) is 10.8 Å². The van der Waals surface area contributed by atoms with Gasteiger partial charge in [-0.1, -0.05) is 30.3 Å². The molecule has 0 bridgehead atoms. The van der Waals surface area contributed by atoms with Gasteiger partial charge >= 0.3 is 12.1 Å². The molecule has 0 unspecified atom stereocenters. The van der Waals surface area contributed by atoms with Gasteiger partial charge in [0.25, 0.3) is 0 Å². The van der Waals surface area contributed by atoms with Gasteiger partial charge in [0, 0.05) is 37.6 Å². The Labute approximate surface area is 223 Å². The van der Waals surface area contributed by atoms with Crippen molar-refractivity contribution in [3.8, 4) is 0 Å². The quantitative estimate of drug-likeness (QED) is 0.435. The number of anilines is 1. The fourth-order valence-electron chi connectivity index (χ4n) is 4.21. The van der Waals surface area contributed by atoms with Crippen molar-refractivity contribution in [1.82, 2.24) is 14.9 Å². The molecule has 206 valence electrons. The zero-order valence-corrected chi connectivity index (χ0v) is 22.7. The summed E-state index contributed by atoms with van der Waals surface area (Å²) >= 11 is 1.39. The van der Waals surface area contributed by atoms with E-state index in [9.17, 15) is 21.6 Å². The van der Waals surface area contributed by atoms with Crippen LogP contribution in [0, 0.1) is 6.92 Å². The van der Waals surface area contributed by atoms with E-state index in [2.05, 4.69) is 58.0 Å². The summed E-state index contributed by atoms with van der Waals surface area (Å²) in [4.78, 5) is 22.1. The average molecular weight is 571 g/mol. The fourth-order valence-corrected chi connectivity index (χ4v) is 6.14. The predicted molar refractivity (Wildman–Crippen MR) is 139 cm³/mol. The number of benzene rings is 1. The van der Waals surface area contributed by atoms with Gasteiger partial charge in [-0.15, -0.1) is 11.3 Å². The van der Waals surface area contributed by atoms with Crippen molar-refractivity contribution in [3.63, 3.8) is 0 Å². The molecule has 1 saturated heterocycles. The molecule has 8 nitrogen and oxygen atoms in total. The van der Waals surface area contributed by atoms with Crippen LogP contribution in [0.4, 0.5) is 18.9 Å². The number of likely N-dealkylation sites (tertiary alicyclic amines) is 1. The molecule has 1 aliphatic rings. The number of aromatic nitrogens is 2. The van der Waals surface area contributed by atoms with Crippen LogP contribution < -0.4 is 4.90 Å². The third kappa shape index (κ3) is 7.51. The third-order valence-corrected chi connectivity index (χ3v) is 8.56. The SMILES string of the molecule is Cc1cc(S(=O)(=O)Cc2cscn2)ncc1N(C)[C@H]1CCN([C@H](C)c2ccccc2)C1.O=C(O)C(F)(F)F. The van der Waals surface area contributed by atoms with Crippen molar-refractivity contribution in [2.45, 2.75) is 49.3 Å². The molecule has 0 saturated carbocycles. The molecule has 1 N–H and O–H groups in total. The molecule has 1 aromatic carbocycles. The predicted octanol–water partition coefficient (Wildman–Crippen LogP) is 4.73. The number of halogens is 3. The Balaban J connectivity index is 0.000000505. The average Bonchev–Trinajstić information content (AvgIpc) is 3.56. The normalized spacial score (nSPS) is 16.9. The second-order valence-electron chi connectivity index (χ2n) is 8.99. The van der Waals surface area contributed by atoms with Gasteiger partial charge < -0.3 is 10.0 Å². The number of carboxylic acids is 1. The molecule has 0 aliphatic carbocycles. The van der Waals surface area contributed by atoms with Crippen LogP contribution >= 0.6 is 11.3 Å². The Kier molecular flexibility index (Phi) is 9.49. The molecule has 4 rings (SSSR count). The number of hydrogen-bond donors (Lipinski definition) is 1. The molecule has 0 spiro atoms. The number of thiazole rings is 1. The minimum Gasteiger partial charge on any atom is -0.475 e. The Morgan fingerprint density at radius 2 is 1.92 bits per heavy atom. The van der Waals surface area contributed by atoms with Gasteiger partial charge in [-0.05, 0) is 37.5 Å². The number of carbonyl (C=O) groups is 1. The summed E-state index contributed by atoms with van der Waals surface area (Å²) in [5.74, 6) is -2.87. The summed E-state index contributed by atoms with van der Waals surface area (Å²) < 4.78 is 57.2. The number of likely N-dealkylation sites (N-methyl/N-ethyl adjacent to an activating group) is 1. The highest BCUT2D eigenvalue weighted by Crippen LogP contribution is 2.30. The summed E-state index contributed by atoms with van der Waals surface area (Å²) in [7, 11) is -1.43. The van der Waals surface area contributed by atoms with Crippen LogP contribution in [0.25, 0.3) is 0 Å². The lowest BCUT2D eigenvalue weighted by molar-refractivity contribution is -0.192. The van der Waals surface area contributed by atoms with Crippen LogP contribution in [-0.2, 0) is 20.4 Å². The van der Waals surface area contributed by atoms with Gasteiger partial charge in [-0.3, -0.25) is 4.90 Å². The van der Waals surface area contributed by atoms with Gasteiger partial charge in [0.05, 0.1) is 28.8 Å². The number of pyridine rings is 1. The number of rotatable bonds is 7. The third-order valence-electron chi connectivity index (χ3n) is 6.39. The minimum atomic E-state index is -5.08. The van der Waals surface area contributed by atoms with E-state index in [1.165, 1.54) is 16.9 Å². The van der Waals surface area contributed by atoms with Crippen molar-refractivity contribution in [3.05, 3.63) is 70.3 Å². The summed E-state index contributed by atoms with van der Waals surface area (Å²) in [6, 6.07) is 13.0. The van der Waals surface area contributed by atoms with Crippen LogP contribution in [-0.4, -0.2) is 66.7 Å². The highest BCUT2D eigenvalue weighted by Gasteiger charge is 2.38. The number of carboxylic acid groups (broad SMARTS) is 1. The molecule has 3 aromatic rings. The number of nitrogens with zero attached hydrogens (tertiary/aromatic N) is 4. The maximum absolute atomic E-state index is 12.7.